The van der Waals surface area contributed by atoms with Crippen LogP contribution in [0.2, 0.25) is 5.02 Å². The van der Waals surface area contributed by atoms with Crippen LogP contribution >= 0.6 is 36.4 Å². The second-order valence-corrected chi connectivity index (χ2v) is 5.01. The summed E-state index contributed by atoms with van der Waals surface area (Å²) in [6.45, 7) is 1.07. The smallest absolute Gasteiger partial charge is 0.274 e. The third kappa shape index (κ3) is 5.45. The van der Waals surface area contributed by atoms with Gasteiger partial charge < -0.3 is 21.2 Å². The number of aliphatic imine (C=N–C) groups is 1. The van der Waals surface area contributed by atoms with Crippen molar-refractivity contribution in [2.75, 3.05) is 20.2 Å². The number of benzene rings is 1. The van der Waals surface area contributed by atoms with Crippen LogP contribution in [0.15, 0.2) is 23.2 Å². The molecule has 24 heavy (non-hydrogen) atoms. The molecule has 0 radical (unpaired) electrons. The molecule has 0 spiro atoms. The van der Waals surface area contributed by atoms with Gasteiger partial charge in [0, 0.05) is 18.5 Å². The van der Waals surface area contributed by atoms with Crippen molar-refractivity contribution in [3.8, 4) is 5.75 Å². The van der Waals surface area contributed by atoms with Gasteiger partial charge in [0.25, 0.3) is 5.91 Å². The number of nitrogens with two attached hydrogens (primary N) is 2. The van der Waals surface area contributed by atoms with Crippen LogP contribution in [0.25, 0.3) is 10.9 Å². The highest BCUT2D eigenvalue weighted by atomic mass is 35.5. The summed E-state index contributed by atoms with van der Waals surface area (Å²) >= 11 is 6.22. The Balaban J connectivity index is 0.00000264. The fourth-order valence-electron chi connectivity index (χ4n) is 1.89. The number of amides is 1. The highest BCUT2D eigenvalue weighted by Crippen LogP contribution is 2.29. The van der Waals surface area contributed by atoms with Gasteiger partial charge in [0.15, 0.2) is 5.96 Å². The van der Waals surface area contributed by atoms with E-state index in [9.17, 15) is 4.79 Å². The molecule has 6 N–H and O–H groups in total. The Morgan fingerprint density at radius 3 is 2.71 bits per heavy atom. The van der Waals surface area contributed by atoms with E-state index in [-0.39, 0.29) is 36.7 Å². The van der Waals surface area contributed by atoms with Crippen molar-refractivity contribution in [1.29, 1.82) is 0 Å². The summed E-state index contributed by atoms with van der Waals surface area (Å²) in [6, 6.07) is 5.14. The van der Waals surface area contributed by atoms with E-state index in [1.165, 1.54) is 7.05 Å². The minimum Gasteiger partial charge on any atom is -0.493 e. The molecule has 2 rings (SSSR count). The summed E-state index contributed by atoms with van der Waals surface area (Å²) in [7, 11) is 1.49. The zero-order valence-electron chi connectivity index (χ0n) is 13.0. The van der Waals surface area contributed by atoms with Crippen LogP contribution < -0.4 is 21.5 Å². The van der Waals surface area contributed by atoms with Crippen molar-refractivity contribution in [2.24, 2.45) is 16.5 Å². The molecule has 0 saturated carbocycles. The number of rotatable bonds is 5. The van der Waals surface area contributed by atoms with Gasteiger partial charge in [-0.25, -0.2) is 0 Å². The molecule has 0 unspecified atom stereocenters. The lowest BCUT2D eigenvalue weighted by molar-refractivity contribution is 0.0972. The molecule has 0 fully saturated rings. The first kappa shape index (κ1) is 22.3. The number of aromatic nitrogens is 1. The van der Waals surface area contributed by atoms with E-state index in [0.29, 0.717) is 35.1 Å². The minimum atomic E-state index is -0.388. The summed E-state index contributed by atoms with van der Waals surface area (Å²) < 4.78 is 5.56. The second-order valence-electron chi connectivity index (χ2n) is 4.60. The first-order chi connectivity index (χ1) is 10.5. The van der Waals surface area contributed by atoms with Crippen molar-refractivity contribution in [1.82, 2.24) is 10.3 Å². The van der Waals surface area contributed by atoms with Crippen molar-refractivity contribution in [3.05, 3.63) is 28.9 Å². The lowest BCUT2D eigenvalue weighted by Crippen LogP contribution is -2.36. The molecular formula is C14H20Cl3N5O2. The normalized spacial score (nSPS) is 10.7. The maximum Gasteiger partial charge on any atom is 0.274 e. The predicted molar refractivity (Wildman–Crippen MR) is 102 cm³/mol. The number of guanidine groups is 1. The number of aromatic amines is 1. The van der Waals surface area contributed by atoms with Gasteiger partial charge in [-0.15, -0.1) is 24.8 Å². The lowest BCUT2D eigenvalue weighted by atomic mass is 10.2. The van der Waals surface area contributed by atoms with Gasteiger partial charge in [-0.3, -0.25) is 15.1 Å². The zero-order chi connectivity index (χ0) is 16.1. The van der Waals surface area contributed by atoms with Gasteiger partial charge in [-0.2, -0.15) is 0 Å². The molecule has 1 aromatic heterocycles. The van der Waals surface area contributed by atoms with E-state index < -0.39 is 0 Å². The number of ether oxygens (including phenoxy) is 1. The summed E-state index contributed by atoms with van der Waals surface area (Å²) in [5, 5.41) is 3.67. The number of H-pyrrole nitrogens is 1. The molecule has 0 saturated heterocycles. The van der Waals surface area contributed by atoms with Crippen molar-refractivity contribution >= 4 is 59.2 Å². The summed E-state index contributed by atoms with van der Waals surface area (Å²) in [6.07, 6.45) is 0.754. The van der Waals surface area contributed by atoms with E-state index in [1.807, 2.05) is 0 Å². The Morgan fingerprint density at radius 2 is 2.08 bits per heavy atom. The Labute approximate surface area is 157 Å². The molecule has 10 heteroatoms. The van der Waals surface area contributed by atoms with Gasteiger partial charge in [-0.1, -0.05) is 11.6 Å². The van der Waals surface area contributed by atoms with Crippen LogP contribution in [0.3, 0.4) is 0 Å². The highest BCUT2D eigenvalue weighted by molar-refractivity contribution is 6.35. The van der Waals surface area contributed by atoms with Gasteiger partial charge in [0.05, 0.1) is 17.1 Å². The van der Waals surface area contributed by atoms with E-state index in [4.69, 9.17) is 27.8 Å². The molecule has 1 heterocycles. The maximum absolute atomic E-state index is 12.0. The molecule has 1 aromatic carbocycles. The Kier molecular flexibility index (Phi) is 9.53. The second kappa shape index (κ2) is 10.2. The van der Waals surface area contributed by atoms with E-state index in [0.717, 1.165) is 11.8 Å². The maximum atomic E-state index is 12.0. The number of carbonyl (C=O) groups excluding carboxylic acids is 1. The van der Waals surface area contributed by atoms with E-state index in [2.05, 4.69) is 15.3 Å². The molecule has 0 aliphatic carbocycles. The summed E-state index contributed by atoms with van der Waals surface area (Å²) in [5.41, 5.74) is 11.9. The zero-order valence-corrected chi connectivity index (χ0v) is 15.4. The molecule has 0 aliphatic heterocycles. The fourth-order valence-corrected chi connectivity index (χ4v) is 2.15. The highest BCUT2D eigenvalue weighted by Gasteiger charge is 2.13. The third-order valence-corrected chi connectivity index (χ3v) is 3.32. The van der Waals surface area contributed by atoms with E-state index in [1.54, 1.807) is 18.2 Å². The monoisotopic (exact) mass is 395 g/mol. The van der Waals surface area contributed by atoms with E-state index >= 15 is 0 Å². The van der Waals surface area contributed by atoms with Gasteiger partial charge in [0.1, 0.15) is 11.4 Å². The van der Waals surface area contributed by atoms with Crippen LogP contribution in [-0.4, -0.2) is 37.1 Å². The van der Waals surface area contributed by atoms with Crippen molar-refractivity contribution in [3.63, 3.8) is 0 Å². The molecule has 0 bridgehead atoms. The number of hydrogen-bond donors (Lipinski definition) is 4. The Bertz CT molecular complexity index is 718. The van der Waals surface area contributed by atoms with Crippen LogP contribution in [0.4, 0.5) is 0 Å². The number of nitrogens with zero attached hydrogens (tertiary/aromatic N) is 1. The standard InChI is InChI=1S/C14H18ClN5O2.2ClH/c1-18-14(17)20-13(21)12-7-9-10(15)5-8(6-11(9)19-12)22-4-2-3-16;;/h5-7,19H,2-4,16H2,1H3,(H3,17,18,20,21);2*1H. The number of nitrogens with one attached hydrogen (secondary N) is 2. The van der Waals surface area contributed by atoms with Gasteiger partial charge >= 0.3 is 0 Å². The molecule has 0 atom stereocenters. The van der Waals surface area contributed by atoms with Crippen LogP contribution in [0.5, 0.6) is 5.75 Å². The third-order valence-electron chi connectivity index (χ3n) is 3.01. The molecule has 134 valence electrons. The van der Waals surface area contributed by atoms with Gasteiger partial charge in [0.2, 0.25) is 0 Å². The molecule has 2 aromatic rings. The topological polar surface area (TPSA) is 119 Å². The molecule has 1 amide bonds. The van der Waals surface area contributed by atoms with Crippen LogP contribution in [0, 0.1) is 0 Å². The van der Waals surface area contributed by atoms with Crippen molar-refractivity contribution < 1.29 is 9.53 Å². The average molecular weight is 397 g/mol. The first-order valence-electron chi connectivity index (χ1n) is 6.74. The van der Waals surface area contributed by atoms with Crippen molar-refractivity contribution in [2.45, 2.75) is 6.42 Å². The van der Waals surface area contributed by atoms with Gasteiger partial charge in [-0.05, 0) is 25.1 Å². The van der Waals surface area contributed by atoms with Crippen LogP contribution in [0.1, 0.15) is 16.9 Å². The number of fused-ring (bicyclic) bond motifs is 1. The number of carbonyl (C=O) groups is 1. The molecule has 0 aliphatic rings. The average Bonchev–Trinajstić information content (AvgIpc) is 2.92. The number of hydrogen-bond acceptors (Lipinski definition) is 4. The lowest BCUT2D eigenvalue weighted by Gasteiger charge is -2.06. The minimum absolute atomic E-state index is 0. The quantitative estimate of drug-likeness (QED) is 0.351. The summed E-state index contributed by atoms with van der Waals surface area (Å²) in [5.74, 6) is 0.274. The fraction of sp³-hybridized carbons (Fsp3) is 0.286. The summed E-state index contributed by atoms with van der Waals surface area (Å²) in [4.78, 5) is 18.7. The molecular weight excluding hydrogens is 377 g/mol. The Morgan fingerprint density at radius 1 is 1.38 bits per heavy atom. The number of halogens is 3. The Hall–Kier alpha value is -1.67. The van der Waals surface area contributed by atoms with Crippen LogP contribution in [-0.2, 0) is 0 Å². The largest absolute Gasteiger partial charge is 0.493 e. The molecule has 7 nitrogen and oxygen atoms in total. The SMILES string of the molecule is CN=C(N)NC(=O)c1cc2c(Cl)cc(OCCCN)cc2[nH]1.Cl.Cl. The first-order valence-corrected chi connectivity index (χ1v) is 7.11. The predicted octanol–water partition coefficient (Wildman–Crippen LogP) is 2.07.